The van der Waals surface area contributed by atoms with Crippen LogP contribution in [0.3, 0.4) is 0 Å². The minimum atomic E-state index is -0.291. The van der Waals surface area contributed by atoms with E-state index in [1.165, 1.54) is 0 Å². The molecule has 3 rings (SSSR count). The maximum Gasteiger partial charge on any atom is 0.257 e. The van der Waals surface area contributed by atoms with Gasteiger partial charge in [0.25, 0.3) is 5.91 Å². The van der Waals surface area contributed by atoms with Crippen LogP contribution in [0.25, 0.3) is 0 Å². The Morgan fingerprint density at radius 2 is 1.77 bits per heavy atom. The van der Waals surface area contributed by atoms with Crippen LogP contribution < -0.4 is 15.4 Å². The predicted octanol–water partition coefficient (Wildman–Crippen LogP) is 3.79. The van der Waals surface area contributed by atoms with E-state index in [4.69, 9.17) is 17.0 Å². The lowest BCUT2D eigenvalue weighted by molar-refractivity contribution is 0.0977. The molecule has 0 aliphatic heterocycles. The predicted molar refractivity (Wildman–Crippen MR) is 105 cm³/mol. The Hall–Kier alpha value is -3.25. The minimum absolute atomic E-state index is 0.215. The summed E-state index contributed by atoms with van der Waals surface area (Å²) in [6, 6.07) is 20.4. The van der Waals surface area contributed by atoms with Gasteiger partial charge >= 0.3 is 0 Å². The van der Waals surface area contributed by atoms with Crippen molar-refractivity contribution in [1.82, 2.24) is 10.3 Å². The van der Waals surface area contributed by atoms with Gasteiger partial charge in [-0.15, -0.1) is 0 Å². The van der Waals surface area contributed by atoms with Crippen molar-refractivity contribution >= 4 is 28.9 Å². The molecule has 0 unspecified atom stereocenters. The highest BCUT2D eigenvalue weighted by atomic mass is 32.1. The van der Waals surface area contributed by atoms with Gasteiger partial charge in [0.15, 0.2) is 5.11 Å². The number of carbonyl (C=O) groups excluding carboxylic acids is 1. The van der Waals surface area contributed by atoms with Crippen LogP contribution in [-0.4, -0.2) is 16.0 Å². The molecule has 2 N–H and O–H groups in total. The highest BCUT2D eigenvalue weighted by Crippen LogP contribution is 2.14. The summed E-state index contributed by atoms with van der Waals surface area (Å²) in [5.41, 5.74) is 2.29. The molecule has 1 aromatic heterocycles. The molecule has 26 heavy (non-hydrogen) atoms. The van der Waals surface area contributed by atoms with Gasteiger partial charge in [-0.1, -0.05) is 30.3 Å². The Morgan fingerprint density at radius 3 is 2.46 bits per heavy atom. The third-order valence-corrected chi connectivity index (χ3v) is 3.72. The van der Waals surface area contributed by atoms with Crippen molar-refractivity contribution < 1.29 is 9.53 Å². The van der Waals surface area contributed by atoms with Crippen LogP contribution >= 0.6 is 12.2 Å². The quantitative estimate of drug-likeness (QED) is 0.676. The number of anilines is 1. The first kappa shape index (κ1) is 17.6. The number of hydrogen-bond donors (Lipinski definition) is 2. The van der Waals surface area contributed by atoms with E-state index in [2.05, 4.69) is 15.6 Å². The molecule has 0 spiro atoms. The van der Waals surface area contributed by atoms with Gasteiger partial charge in [-0.2, -0.15) is 0 Å². The van der Waals surface area contributed by atoms with E-state index in [1.807, 2.05) is 36.4 Å². The zero-order chi connectivity index (χ0) is 18.2. The number of nitrogens with zero attached hydrogens (tertiary/aromatic N) is 1. The fraction of sp³-hybridized carbons (Fsp3) is 0.0500. The fourth-order valence-corrected chi connectivity index (χ4v) is 2.43. The van der Waals surface area contributed by atoms with Gasteiger partial charge in [0.05, 0.1) is 11.9 Å². The highest BCUT2D eigenvalue weighted by Gasteiger charge is 2.08. The van der Waals surface area contributed by atoms with E-state index in [-0.39, 0.29) is 11.0 Å². The number of aromatic nitrogens is 1. The Bertz CT molecular complexity index is 869. The van der Waals surface area contributed by atoms with Crippen molar-refractivity contribution in [3.05, 3.63) is 90.3 Å². The van der Waals surface area contributed by atoms with E-state index in [9.17, 15) is 4.79 Å². The number of nitrogens with one attached hydrogen (secondary N) is 2. The van der Waals surface area contributed by atoms with Crippen molar-refractivity contribution in [2.45, 2.75) is 6.61 Å². The van der Waals surface area contributed by atoms with Gasteiger partial charge in [-0.25, -0.2) is 0 Å². The van der Waals surface area contributed by atoms with Crippen molar-refractivity contribution in [1.29, 1.82) is 0 Å². The molecule has 0 fully saturated rings. The molecule has 0 saturated carbocycles. The summed E-state index contributed by atoms with van der Waals surface area (Å²) in [6.07, 6.45) is 3.28. The van der Waals surface area contributed by atoms with Crippen LogP contribution in [0.1, 0.15) is 15.9 Å². The number of benzene rings is 2. The van der Waals surface area contributed by atoms with Crippen LogP contribution in [0.5, 0.6) is 5.75 Å². The Morgan fingerprint density at radius 1 is 1.00 bits per heavy atom. The van der Waals surface area contributed by atoms with Crippen molar-refractivity contribution in [2.75, 3.05) is 5.32 Å². The smallest absolute Gasteiger partial charge is 0.257 e. The standard InChI is InChI=1S/C20H17N3O2S/c24-19(23-20(26)22-17-7-4-12-21-13-17)16-8-10-18(11-9-16)25-14-15-5-2-1-3-6-15/h1-13H,14H2,(H2,22,23,24,26). The highest BCUT2D eigenvalue weighted by molar-refractivity contribution is 7.80. The molecule has 6 heteroatoms. The van der Waals surface area contributed by atoms with E-state index < -0.39 is 0 Å². The Kier molecular flexibility index (Phi) is 5.90. The molecule has 0 saturated heterocycles. The zero-order valence-electron chi connectivity index (χ0n) is 13.9. The number of amides is 1. The topological polar surface area (TPSA) is 63.2 Å². The summed E-state index contributed by atoms with van der Waals surface area (Å²) in [5.74, 6) is 0.405. The molecule has 130 valence electrons. The van der Waals surface area contributed by atoms with Crippen LogP contribution in [0.2, 0.25) is 0 Å². The van der Waals surface area contributed by atoms with Gasteiger partial charge in [0.1, 0.15) is 12.4 Å². The summed E-state index contributed by atoms with van der Waals surface area (Å²) in [5, 5.41) is 5.75. The number of ether oxygens (including phenoxy) is 1. The Labute approximate surface area is 157 Å². The van der Waals surface area contributed by atoms with Crippen LogP contribution in [0.4, 0.5) is 5.69 Å². The lowest BCUT2D eigenvalue weighted by Crippen LogP contribution is -2.34. The second kappa shape index (κ2) is 8.73. The summed E-state index contributed by atoms with van der Waals surface area (Å²) in [4.78, 5) is 16.2. The van der Waals surface area contributed by atoms with Gasteiger partial charge in [0, 0.05) is 11.8 Å². The molecule has 0 bridgehead atoms. The average molecular weight is 363 g/mol. The van der Waals surface area contributed by atoms with Gasteiger partial charge in [-0.05, 0) is 54.2 Å². The molecular weight excluding hydrogens is 346 g/mol. The number of rotatable bonds is 5. The normalized spacial score (nSPS) is 10.0. The van der Waals surface area contributed by atoms with Gasteiger partial charge < -0.3 is 10.1 Å². The first-order valence-corrected chi connectivity index (χ1v) is 8.41. The number of carbonyl (C=O) groups is 1. The second-order valence-corrected chi connectivity index (χ2v) is 5.86. The summed E-state index contributed by atoms with van der Waals surface area (Å²) in [7, 11) is 0. The summed E-state index contributed by atoms with van der Waals surface area (Å²) < 4.78 is 5.71. The van der Waals surface area contributed by atoms with Crippen LogP contribution in [-0.2, 0) is 6.61 Å². The molecule has 0 atom stereocenters. The third kappa shape index (κ3) is 5.12. The molecule has 3 aromatic rings. The summed E-state index contributed by atoms with van der Waals surface area (Å²) >= 11 is 5.14. The molecule has 0 aliphatic rings. The first-order valence-electron chi connectivity index (χ1n) is 8.00. The van der Waals surface area contributed by atoms with Gasteiger partial charge in [-0.3, -0.25) is 15.1 Å². The first-order chi connectivity index (χ1) is 12.7. The van der Waals surface area contributed by atoms with E-state index >= 15 is 0 Å². The SMILES string of the molecule is O=C(NC(=S)Nc1cccnc1)c1ccc(OCc2ccccc2)cc1. The van der Waals surface area contributed by atoms with E-state index in [0.29, 0.717) is 23.6 Å². The molecular formula is C20H17N3O2S. The molecule has 1 amide bonds. The summed E-state index contributed by atoms with van der Waals surface area (Å²) in [6.45, 7) is 0.478. The molecule has 0 radical (unpaired) electrons. The van der Waals surface area contributed by atoms with Crippen molar-refractivity contribution in [3.63, 3.8) is 0 Å². The van der Waals surface area contributed by atoms with Crippen molar-refractivity contribution in [2.24, 2.45) is 0 Å². The molecule has 1 heterocycles. The maximum absolute atomic E-state index is 12.2. The lowest BCUT2D eigenvalue weighted by Gasteiger charge is -2.10. The van der Waals surface area contributed by atoms with E-state index in [1.54, 1.807) is 42.7 Å². The minimum Gasteiger partial charge on any atom is -0.489 e. The maximum atomic E-state index is 12.2. The second-order valence-electron chi connectivity index (χ2n) is 5.45. The number of pyridine rings is 1. The van der Waals surface area contributed by atoms with Crippen LogP contribution in [0, 0.1) is 0 Å². The Balaban J connectivity index is 1.52. The largest absolute Gasteiger partial charge is 0.489 e. The van der Waals surface area contributed by atoms with Gasteiger partial charge in [0.2, 0.25) is 0 Å². The zero-order valence-corrected chi connectivity index (χ0v) is 14.7. The molecule has 0 aliphatic carbocycles. The molecule has 2 aromatic carbocycles. The average Bonchev–Trinajstić information content (AvgIpc) is 2.68. The number of thiocarbonyl (C=S) groups is 1. The van der Waals surface area contributed by atoms with Crippen LogP contribution in [0.15, 0.2) is 79.1 Å². The monoisotopic (exact) mass is 363 g/mol. The van der Waals surface area contributed by atoms with Crippen molar-refractivity contribution in [3.8, 4) is 5.75 Å². The lowest BCUT2D eigenvalue weighted by atomic mass is 10.2. The van der Waals surface area contributed by atoms with E-state index in [0.717, 1.165) is 5.56 Å². The third-order valence-electron chi connectivity index (χ3n) is 3.51. The molecule has 5 nitrogen and oxygen atoms in total. The number of hydrogen-bond acceptors (Lipinski definition) is 4. The fourth-order valence-electron chi connectivity index (χ4n) is 2.22.